The van der Waals surface area contributed by atoms with Gasteiger partial charge in [-0.3, -0.25) is 5.21 Å². The van der Waals surface area contributed by atoms with Crippen molar-refractivity contribution in [2.45, 2.75) is 44.7 Å². The molecule has 0 aromatic heterocycles. The molecule has 2 aliphatic rings. The second-order valence-corrected chi connectivity index (χ2v) is 5.51. The summed E-state index contributed by atoms with van der Waals surface area (Å²) >= 11 is 0. The summed E-state index contributed by atoms with van der Waals surface area (Å²) in [6.07, 6.45) is 5.46. The summed E-state index contributed by atoms with van der Waals surface area (Å²) in [5, 5.41) is 22.6. The molecule has 1 aliphatic heterocycles. The lowest BCUT2D eigenvalue weighted by molar-refractivity contribution is -0.819. The fourth-order valence-corrected chi connectivity index (χ4v) is 3.06. The molecule has 3 rings (SSSR count). The minimum atomic E-state index is -0.125. The summed E-state index contributed by atoms with van der Waals surface area (Å²) in [5.74, 6) is 0. The number of rotatable bonds is 1. The zero-order valence-corrected chi connectivity index (χ0v) is 11.1. The van der Waals surface area contributed by atoms with E-state index >= 15 is 0 Å². The van der Waals surface area contributed by atoms with Crippen molar-refractivity contribution in [3.05, 3.63) is 40.6 Å². The van der Waals surface area contributed by atoms with Crippen molar-refractivity contribution < 1.29 is 14.7 Å². The fraction of sp³-hybridized carbons (Fsp3) is 0.467. The molecular weight excluding hydrogens is 240 g/mol. The SMILES string of the molecule is Cc1ccc(C2=[N+]([O-])[C@@H]3CCCC[C@@H]3[N+](O)=C2)cc1. The van der Waals surface area contributed by atoms with Crippen LogP contribution in [0.15, 0.2) is 24.3 Å². The Hall–Kier alpha value is -1.84. The molecule has 2 atom stereocenters. The molecule has 0 bridgehead atoms. The van der Waals surface area contributed by atoms with Gasteiger partial charge in [-0.15, -0.1) is 0 Å². The Kier molecular flexibility index (Phi) is 3.01. The van der Waals surface area contributed by atoms with Crippen molar-refractivity contribution in [2.24, 2.45) is 0 Å². The molecule has 4 heteroatoms. The van der Waals surface area contributed by atoms with E-state index in [-0.39, 0.29) is 12.1 Å². The van der Waals surface area contributed by atoms with Gasteiger partial charge in [-0.2, -0.15) is 4.74 Å². The Morgan fingerprint density at radius 2 is 1.74 bits per heavy atom. The highest BCUT2D eigenvalue weighted by atomic mass is 16.5. The Morgan fingerprint density at radius 3 is 2.42 bits per heavy atom. The van der Waals surface area contributed by atoms with Gasteiger partial charge in [0.2, 0.25) is 6.04 Å². The molecule has 1 heterocycles. The molecule has 1 aromatic rings. The first-order valence-corrected chi connectivity index (χ1v) is 6.89. The first kappa shape index (κ1) is 12.2. The van der Waals surface area contributed by atoms with Gasteiger partial charge in [0.05, 0.1) is 5.56 Å². The van der Waals surface area contributed by atoms with Crippen molar-refractivity contribution in [1.82, 2.24) is 0 Å². The number of hydrogen-bond donors (Lipinski definition) is 1. The molecule has 1 N–H and O–H groups in total. The minimum Gasteiger partial charge on any atom is -0.623 e. The summed E-state index contributed by atoms with van der Waals surface area (Å²) in [7, 11) is 0. The van der Waals surface area contributed by atoms with Crippen LogP contribution in [0.2, 0.25) is 0 Å². The topological polar surface area (TPSA) is 49.3 Å². The van der Waals surface area contributed by atoms with Crippen LogP contribution >= 0.6 is 0 Å². The number of fused-ring (bicyclic) bond motifs is 1. The lowest BCUT2D eigenvalue weighted by atomic mass is 9.89. The second kappa shape index (κ2) is 4.68. The van der Waals surface area contributed by atoms with E-state index in [1.165, 1.54) is 4.74 Å². The number of aryl methyl sites for hydroxylation is 1. The summed E-state index contributed by atoms with van der Waals surface area (Å²) in [5.41, 5.74) is 2.59. The molecule has 0 spiro atoms. The predicted octanol–water partition coefficient (Wildman–Crippen LogP) is 2.09. The van der Waals surface area contributed by atoms with Crippen molar-refractivity contribution in [3.63, 3.8) is 0 Å². The Morgan fingerprint density at radius 1 is 1.11 bits per heavy atom. The van der Waals surface area contributed by atoms with Crippen LogP contribution in [0.3, 0.4) is 0 Å². The van der Waals surface area contributed by atoms with Crippen LogP contribution in [0.25, 0.3) is 0 Å². The van der Waals surface area contributed by atoms with Crippen LogP contribution in [-0.2, 0) is 0 Å². The smallest absolute Gasteiger partial charge is 0.288 e. The number of nitrogens with zero attached hydrogens (tertiary/aromatic N) is 2. The molecule has 0 amide bonds. The van der Waals surface area contributed by atoms with Gasteiger partial charge in [-0.1, -0.05) is 17.7 Å². The van der Waals surface area contributed by atoms with Gasteiger partial charge in [0.15, 0.2) is 0 Å². The van der Waals surface area contributed by atoms with E-state index in [1.54, 1.807) is 6.21 Å². The van der Waals surface area contributed by atoms with Crippen LogP contribution < -0.4 is 0 Å². The predicted molar refractivity (Wildman–Crippen MR) is 73.1 cm³/mol. The van der Waals surface area contributed by atoms with Gasteiger partial charge in [0, 0.05) is 12.8 Å². The molecular formula is C15H19N2O2+. The summed E-state index contributed by atoms with van der Waals surface area (Å²) in [6.45, 7) is 2.02. The lowest BCUT2D eigenvalue weighted by Crippen LogP contribution is -2.51. The maximum atomic E-state index is 12.5. The number of benzene rings is 1. The molecule has 4 nitrogen and oxygen atoms in total. The van der Waals surface area contributed by atoms with E-state index in [4.69, 9.17) is 0 Å². The van der Waals surface area contributed by atoms with Crippen LogP contribution in [0.5, 0.6) is 0 Å². The highest BCUT2D eigenvalue weighted by molar-refractivity contribution is 6.34. The summed E-state index contributed by atoms with van der Waals surface area (Å²) in [4.78, 5) is 0. The normalized spacial score (nSPS) is 26.9. The Balaban J connectivity index is 2.02. The zero-order chi connectivity index (χ0) is 13.4. The minimum absolute atomic E-state index is 0.0551. The van der Waals surface area contributed by atoms with Gasteiger partial charge in [-0.05, 0) is 36.6 Å². The molecule has 1 aromatic carbocycles. The van der Waals surface area contributed by atoms with E-state index in [0.717, 1.165) is 41.5 Å². The van der Waals surface area contributed by atoms with Crippen LogP contribution in [-0.4, -0.2) is 38.7 Å². The van der Waals surface area contributed by atoms with Gasteiger partial charge in [0.1, 0.15) is 0 Å². The molecule has 19 heavy (non-hydrogen) atoms. The third-order valence-electron chi connectivity index (χ3n) is 4.17. The van der Waals surface area contributed by atoms with Gasteiger partial charge < -0.3 is 5.21 Å². The molecule has 0 radical (unpaired) electrons. The van der Waals surface area contributed by atoms with Crippen LogP contribution in [0.4, 0.5) is 0 Å². The van der Waals surface area contributed by atoms with Crippen LogP contribution in [0.1, 0.15) is 36.8 Å². The molecule has 0 saturated heterocycles. The van der Waals surface area contributed by atoms with E-state index in [1.807, 2.05) is 31.2 Å². The van der Waals surface area contributed by atoms with Crippen molar-refractivity contribution >= 4 is 11.9 Å². The van der Waals surface area contributed by atoms with Crippen molar-refractivity contribution in [1.29, 1.82) is 0 Å². The third kappa shape index (κ3) is 2.11. The number of hydroxylamine groups is 2. The highest BCUT2D eigenvalue weighted by Gasteiger charge is 2.45. The van der Waals surface area contributed by atoms with Crippen molar-refractivity contribution in [2.75, 3.05) is 0 Å². The van der Waals surface area contributed by atoms with Gasteiger partial charge >= 0.3 is 0 Å². The van der Waals surface area contributed by atoms with Gasteiger partial charge in [-0.25, -0.2) is 0 Å². The summed E-state index contributed by atoms with van der Waals surface area (Å²) < 4.78 is 2.34. The lowest BCUT2D eigenvalue weighted by Gasteiger charge is -2.28. The second-order valence-electron chi connectivity index (χ2n) is 5.51. The Bertz CT molecular complexity index is 546. The quantitative estimate of drug-likeness (QED) is 0.477. The standard InChI is InChI=1S/C15H19N2O2/c1-11-6-8-12(9-7-11)15-10-16(18)13-4-2-3-5-14(13)17(15)19/h6-10,13-14,18H,2-5H2,1H3/q+1/t13-,14+/m0/s1. The molecule has 0 unspecified atom stereocenters. The zero-order valence-electron chi connectivity index (χ0n) is 11.1. The van der Waals surface area contributed by atoms with E-state index in [0.29, 0.717) is 5.71 Å². The Labute approximate surface area is 112 Å². The highest BCUT2D eigenvalue weighted by Crippen LogP contribution is 2.25. The van der Waals surface area contributed by atoms with Gasteiger partial charge in [0.25, 0.3) is 18.0 Å². The first-order chi connectivity index (χ1) is 9.16. The largest absolute Gasteiger partial charge is 0.623 e. The number of hydrogen-bond acceptors (Lipinski definition) is 2. The molecule has 100 valence electrons. The third-order valence-corrected chi connectivity index (χ3v) is 4.17. The van der Waals surface area contributed by atoms with E-state index in [9.17, 15) is 10.4 Å². The first-order valence-electron chi connectivity index (χ1n) is 6.89. The average Bonchev–Trinajstić information content (AvgIpc) is 2.44. The fourth-order valence-electron chi connectivity index (χ4n) is 3.06. The maximum Gasteiger partial charge on any atom is 0.288 e. The maximum absolute atomic E-state index is 12.5. The van der Waals surface area contributed by atoms with Crippen LogP contribution in [0, 0.1) is 12.1 Å². The summed E-state index contributed by atoms with van der Waals surface area (Å²) in [6, 6.07) is 7.66. The average molecular weight is 259 g/mol. The molecule has 1 aliphatic carbocycles. The molecule has 1 saturated carbocycles. The van der Waals surface area contributed by atoms with E-state index in [2.05, 4.69) is 0 Å². The van der Waals surface area contributed by atoms with E-state index < -0.39 is 0 Å². The van der Waals surface area contributed by atoms with Crippen molar-refractivity contribution in [3.8, 4) is 0 Å². The monoisotopic (exact) mass is 259 g/mol. The molecule has 1 fully saturated rings.